The minimum atomic E-state index is -1.38. The number of hydrogen-bond acceptors (Lipinski definition) is 5. The number of carbonyl (C=O) groups is 3. The molecule has 2 aliphatic rings. The molecule has 1 saturated heterocycles. The minimum Gasteiger partial charge on any atom is -0.490 e. The van der Waals surface area contributed by atoms with Gasteiger partial charge in [-0.05, 0) is 30.3 Å². The zero-order valence-electron chi connectivity index (χ0n) is 18.0. The number of para-hydroxylation sites is 1. The Bertz CT molecular complexity index is 1450. The first kappa shape index (κ1) is 20.4. The summed E-state index contributed by atoms with van der Waals surface area (Å²) in [5, 5.41) is 11.9. The van der Waals surface area contributed by atoms with E-state index in [-0.39, 0.29) is 23.8 Å². The van der Waals surface area contributed by atoms with Crippen molar-refractivity contribution in [1.29, 1.82) is 0 Å². The Morgan fingerprint density at radius 2 is 1.62 bits per heavy atom. The zero-order chi connectivity index (χ0) is 23.4. The van der Waals surface area contributed by atoms with E-state index in [1.54, 1.807) is 24.3 Å². The maximum atomic E-state index is 13.0. The molecule has 2 unspecified atom stereocenters. The van der Waals surface area contributed by atoms with Crippen LogP contribution >= 0.6 is 0 Å². The minimum absolute atomic E-state index is 0.0915. The summed E-state index contributed by atoms with van der Waals surface area (Å²) in [6, 6.07) is 18.3. The lowest BCUT2D eigenvalue weighted by Crippen LogP contribution is -2.47. The SMILES string of the molecule is O=C(O)C(Cn1c2ccccc2c2c(OCC3CO3)cccc21)N1C(=O)c2ccccc2C1=O. The summed E-state index contributed by atoms with van der Waals surface area (Å²) in [6.07, 6.45) is 0.0915. The lowest BCUT2D eigenvalue weighted by Gasteiger charge is -2.24. The maximum absolute atomic E-state index is 13.0. The average molecular weight is 456 g/mol. The number of hydrogen-bond donors (Lipinski definition) is 1. The number of aliphatic carboxylic acids is 1. The van der Waals surface area contributed by atoms with E-state index in [0.29, 0.717) is 19.0 Å². The van der Waals surface area contributed by atoms with Crippen LogP contribution in [0.4, 0.5) is 0 Å². The fourth-order valence-corrected chi connectivity index (χ4v) is 4.66. The molecule has 170 valence electrons. The van der Waals surface area contributed by atoms with Crippen LogP contribution in [0.25, 0.3) is 21.8 Å². The highest BCUT2D eigenvalue weighted by molar-refractivity contribution is 6.22. The summed E-state index contributed by atoms with van der Waals surface area (Å²) in [7, 11) is 0. The van der Waals surface area contributed by atoms with Crippen molar-refractivity contribution in [3.63, 3.8) is 0 Å². The summed E-state index contributed by atoms with van der Waals surface area (Å²) in [5.41, 5.74) is 2.00. The number of rotatable bonds is 7. The highest BCUT2D eigenvalue weighted by Crippen LogP contribution is 2.37. The first-order valence-electron chi connectivity index (χ1n) is 11.0. The predicted octanol–water partition coefficient (Wildman–Crippen LogP) is 3.32. The molecule has 1 N–H and O–H groups in total. The Morgan fingerprint density at radius 3 is 2.29 bits per heavy atom. The molecule has 0 aliphatic carbocycles. The highest BCUT2D eigenvalue weighted by atomic mass is 16.6. The second-order valence-electron chi connectivity index (χ2n) is 8.42. The average Bonchev–Trinajstić information content (AvgIpc) is 3.58. The highest BCUT2D eigenvalue weighted by Gasteiger charge is 2.43. The number of aromatic nitrogens is 1. The first-order valence-corrected chi connectivity index (χ1v) is 11.0. The smallest absolute Gasteiger partial charge is 0.328 e. The number of ether oxygens (including phenoxy) is 2. The van der Waals surface area contributed by atoms with Crippen molar-refractivity contribution in [1.82, 2.24) is 9.47 Å². The van der Waals surface area contributed by atoms with Crippen molar-refractivity contribution in [3.8, 4) is 5.75 Å². The van der Waals surface area contributed by atoms with Gasteiger partial charge < -0.3 is 19.1 Å². The van der Waals surface area contributed by atoms with E-state index < -0.39 is 23.8 Å². The molecule has 6 rings (SSSR count). The van der Waals surface area contributed by atoms with E-state index >= 15 is 0 Å². The molecule has 3 aromatic carbocycles. The van der Waals surface area contributed by atoms with E-state index in [1.807, 2.05) is 47.0 Å². The molecule has 0 saturated carbocycles. The molecule has 8 heteroatoms. The molecular weight excluding hydrogens is 436 g/mol. The Kier molecular flexibility index (Phi) is 4.63. The summed E-state index contributed by atoms with van der Waals surface area (Å²) in [4.78, 5) is 39.3. The van der Waals surface area contributed by atoms with Crippen molar-refractivity contribution in [2.75, 3.05) is 13.2 Å². The second-order valence-corrected chi connectivity index (χ2v) is 8.42. The van der Waals surface area contributed by atoms with Crippen LogP contribution in [-0.2, 0) is 16.1 Å². The summed E-state index contributed by atoms with van der Waals surface area (Å²) in [5.74, 6) is -1.77. The molecule has 3 heterocycles. The van der Waals surface area contributed by atoms with E-state index in [9.17, 15) is 19.5 Å². The van der Waals surface area contributed by atoms with Gasteiger partial charge >= 0.3 is 5.97 Å². The normalized spacial score (nSPS) is 17.9. The number of nitrogens with zero attached hydrogens (tertiary/aromatic N) is 2. The van der Waals surface area contributed by atoms with Crippen molar-refractivity contribution >= 4 is 39.6 Å². The Hall–Kier alpha value is -4.17. The van der Waals surface area contributed by atoms with Crippen LogP contribution in [0.2, 0.25) is 0 Å². The molecule has 0 radical (unpaired) electrons. The summed E-state index contributed by atoms with van der Waals surface area (Å²) >= 11 is 0. The van der Waals surface area contributed by atoms with Crippen LogP contribution in [0.1, 0.15) is 20.7 Å². The third-order valence-electron chi connectivity index (χ3n) is 6.36. The van der Waals surface area contributed by atoms with Gasteiger partial charge in [0.1, 0.15) is 18.5 Å². The van der Waals surface area contributed by atoms with Gasteiger partial charge in [0, 0.05) is 16.3 Å². The number of imide groups is 1. The van der Waals surface area contributed by atoms with Crippen LogP contribution in [0, 0.1) is 0 Å². The van der Waals surface area contributed by atoms with Crippen LogP contribution in [0.15, 0.2) is 66.7 Å². The molecule has 4 aromatic rings. The van der Waals surface area contributed by atoms with Crippen molar-refractivity contribution < 1.29 is 29.0 Å². The number of carbonyl (C=O) groups excluding carboxylic acids is 2. The lowest BCUT2D eigenvalue weighted by atomic mass is 10.1. The number of benzene rings is 3. The van der Waals surface area contributed by atoms with Crippen LogP contribution in [0.5, 0.6) is 5.75 Å². The summed E-state index contributed by atoms with van der Waals surface area (Å²) < 4.78 is 13.1. The monoisotopic (exact) mass is 456 g/mol. The van der Waals surface area contributed by atoms with Crippen molar-refractivity contribution in [3.05, 3.63) is 77.9 Å². The van der Waals surface area contributed by atoms with E-state index in [4.69, 9.17) is 9.47 Å². The molecule has 2 atom stereocenters. The van der Waals surface area contributed by atoms with Gasteiger partial charge in [-0.2, -0.15) is 0 Å². The Morgan fingerprint density at radius 1 is 0.971 bits per heavy atom. The van der Waals surface area contributed by atoms with Gasteiger partial charge in [0.05, 0.1) is 29.8 Å². The summed E-state index contributed by atoms with van der Waals surface area (Å²) in [6.45, 7) is 1.02. The standard InChI is InChI=1S/C26H20N2O6/c29-24-16-6-1-2-7-17(16)25(30)28(24)21(26(31)32)12-27-19-9-4-3-8-18(19)23-20(27)10-5-11-22(23)34-14-15-13-33-15/h1-11,15,21H,12-14H2,(H,31,32). The molecule has 0 bridgehead atoms. The number of carboxylic acid groups (broad SMARTS) is 1. The maximum Gasteiger partial charge on any atom is 0.328 e. The molecule has 1 fully saturated rings. The van der Waals surface area contributed by atoms with Crippen molar-refractivity contribution in [2.24, 2.45) is 0 Å². The van der Waals surface area contributed by atoms with Crippen LogP contribution in [0.3, 0.4) is 0 Å². The van der Waals surface area contributed by atoms with Crippen LogP contribution in [-0.4, -0.2) is 57.7 Å². The van der Waals surface area contributed by atoms with Gasteiger partial charge in [-0.1, -0.05) is 36.4 Å². The van der Waals surface area contributed by atoms with E-state index in [0.717, 1.165) is 26.7 Å². The van der Waals surface area contributed by atoms with Gasteiger partial charge in [0.15, 0.2) is 6.04 Å². The fourth-order valence-electron chi connectivity index (χ4n) is 4.66. The molecule has 8 nitrogen and oxygen atoms in total. The molecule has 0 spiro atoms. The number of fused-ring (bicyclic) bond motifs is 4. The van der Waals surface area contributed by atoms with E-state index in [1.165, 1.54) is 0 Å². The number of epoxide rings is 1. The fraction of sp³-hybridized carbons (Fsp3) is 0.192. The van der Waals surface area contributed by atoms with Crippen LogP contribution < -0.4 is 4.74 Å². The molecular formula is C26H20N2O6. The largest absolute Gasteiger partial charge is 0.490 e. The number of carboxylic acids is 1. The van der Waals surface area contributed by atoms with E-state index in [2.05, 4.69) is 0 Å². The van der Waals surface area contributed by atoms with Crippen molar-refractivity contribution in [2.45, 2.75) is 18.7 Å². The third-order valence-corrected chi connectivity index (χ3v) is 6.36. The molecule has 2 amide bonds. The third kappa shape index (κ3) is 3.14. The van der Waals surface area contributed by atoms with Gasteiger partial charge in [-0.25, -0.2) is 4.79 Å². The quantitative estimate of drug-likeness (QED) is 0.338. The van der Waals surface area contributed by atoms with Gasteiger partial charge in [-0.15, -0.1) is 0 Å². The van der Waals surface area contributed by atoms with Gasteiger partial charge in [-0.3, -0.25) is 14.5 Å². The first-order chi connectivity index (χ1) is 16.5. The molecule has 2 aliphatic heterocycles. The number of amides is 2. The molecule has 1 aromatic heterocycles. The predicted molar refractivity (Wildman–Crippen MR) is 123 cm³/mol. The van der Waals surface area contributed by atoms with Gasteiger partial charge in [0.2, 0.25) is 0 Å². The Labute approximate surface area is 193 Å². The van der Waals surface area contributed by atoms with Gasteiger partial charge in [0.25, 0.3) is 11.8 Å². The lowest BCUT2D eigenvalue weighted by molar-refractivity contribution is -0.142. The topological polar surface area (TPSA) is 101 Å². The molecule has 34 heavy (non-hydrogen) atoms. The second kappa shape index (κ2) is 7.71. The Balaban J connectivity index is 1.45. The zero-order valence-corrected chi connectivity index (χ0v) is 18.0.